The Hall–Kier alpha value is -1.87. The van der Waals surface area contributed by atoms with Gasteiger partial charge in [0.25, 0.3) is 0 Å². The molecule has 0 fully saturated rings. The Bertz CT molecular complexity index is 581. The van der Waals surface area contributed by atoms with Gasteiger partial charge in [-0.15, -0.1) is 0 Å². The third kappa shape index (κ3) is 3.17. The summed E-state index contributed by atoms with van der Waals surface area (Å²) in [6, 6.07) is 13.3. The molecule has 2 aromatic rings. The lowest BCUT2D eigenvalue weighted by atomic mass is 10.1. The molecule has 0 aromatic heterocycles. The molecule has 2 N–H and O–H groups in total. The molecule has 0 spiro atoms. The van der Waals surface area contributed by atoms with Crippen LogP contribution in [-0.4, -0.2) is 13.1 Å². The maximum atomic E-state index is 13.8. The van der Waals surface area contributed by atoms with Gasteiger partial charge >= 0.3 is 0 Å². The minimum absolute atomic E-state index is 0.210. The molecule has 0 bridgehead atoms. The second-order valence-electron chi connectivity index (χ2n) is 4.89. The molecule has 106 valence electrons. The molecule has 20 heavy (non-hydrogen) atoms. The number of halogens is 1. The number of hydrogen-bond acceptors (Lipinski definition) is 2. The van der Waals surface area contributed by atoms with Gasteiger partial charge < -0.3 is 10.6 Å². The summed E-state index contributed by atoms with van der Waals surface area (Å²) in [7, 11) is 0. The summed E-state index contributed by atoms with van der Waals surface area (Å²) in [6.07, 6.45) is 0.691. The van der Waals surface area contributed by atoms with Crippen LogP contribution in [0.25, 0.3) is 0 Å². The average Bonchev–Trinajstić information content (AvgIpc) is 2.41. The first kappa shape index (κ1) is 14.5. The van der Waals surface area contributed by atoms with E-state index >= 15 is 0 Å². The SMILES string of the molecule is CCN(c1cc(F)cc(CCN)c1)c1ccccc1C. The standard InChI is InChI=1S/C17H21FN2/c1-3-20(17-7-5-4-6-13(17)2)16-11-14(8-9-19)10-15(18)12-16/h4-7,10-12H,3,8-9,19H2,1-2H3. The summed E-state index contributed by atoms with van der Waals surface area (Å²) < 4.78 is 13.8. The van der Waals surface area contributed by atoms with E-state index in [1.807, 2.05) is 18.2 Å². The van der Waals surface area contributed by atoms with Gasteiger partial charge in [0.15, 0.2) is 0 Å². The minimum Gasteiger partial charge on any atom is -0.341 e. The van der Waals surface area contributed by atoms with E-state index in [1.165, 1.54) is 5.56 Å². The zero-order valence-electron chi connectivity index (χ0n) is 12.1. The zero-order valence-corrected chi connectivity index (χ0v) is 12.1. The molecule has 0 amide bonds. The van der Waals surface area contributed by atoms with Crippen LogP contribution in [0, 0.1) is 12.7 Å². The monoisotopic (exact) mass is 272 g/mol. The number of nitrogens with zero attached hydrogens (tertiary/aromatic N) is 1. The Morgan fingerprint density at radius 2 is 1.90 bits per heavy atom. The van der Waals surface area contributed by atoms with Crippen molar-refractivity contribution in [2.45, 2.75) is 20.3 Å². The molecule has 0 saturated carbocycles. The molecule has 2 nitrogen and oxygen atoms in total. The average molecular weight is 272 g/mol. The Morgan fingerprint density at radius 1 is 1.15 bits per heavy atom. The molecular formula is C17H21FN2. The van der Waals surface area contributed by atoms with Crippen LogP contribution in [0.4, 0.5) is 15.8 Å². The first-order valence-corrected chi connectivity index (χ1v) is 6.98. The van der Waals surface area contributed by atoms with Gasteiger partial charge in [0.05, 0.1) is 0 Å². The normalized spacial score (nSPS) is 10.6. The number of hydrogen-bond donors (Lipinski definition) is 1. The number of benzene rings is 2. The first-order chi connectivity index (χ1) is 9.65. The molecule has 2 aromatic carbocycles. The summed E-state index contributed by atoms with van der Waals surface area (Å²) in [4.78, 5) is 2.12. The van der Waals surface area contributed by atoms with Crippen molar-refractivity contribution in [2.24, 2.45) is 5.73 Å². The Kier molecular flexibility index (Phi) is 4.74. The van der Waals surface area contributed by atoms with Gasteiger partial charge in [-0.2, -0.15) is 0 Å². The Balaban J connectivity index is 2.44. The van der Waals surface area contributed by atoms with E-state index in [0.29, 0.717) is 13.0 Å². The van der Waals surface area contributed by atoms with E-state index in [-0.39, 0.29) is 5.82 Å². The molecule has 2 rings (SSSR count). The van der Waals surface area contributed by atoms with Crippen LogP contribution >= 0.6 is 0 Å². The number of aryl methyl sites for hydroxylation is 1. The highest BCUT2D eigenvalue weighted by molar-refractivity contribution is 5.66. The Morgan fingerprint density at radius 3 is 2.55 bits per heavy atom. The third-order valence-electron chi connectivity index (χ3n) is 3.41. The van der Waals surface area contributed by atoms with Gasteiger partial charge in [0.1, 0.15) is 5.82 Å². The van der Waals surface area contributed by atoms with Crippen LogP contribution in [0.1, 0.15) is 18.1 Å². The quantitative estimate of drug-likeness (QED) is 0.897. The molecule has 0 radical (unpaired) electrons. The van der Waals surface area contributed by atoms with Crippen LogP contribution in [0.15, 0.2) is 42.5 Å². The van der Waals surface area contributed by atoms with E-state index in [4.69, 9.17) is 5.73 Å². The fourth-order valence-corrected chi connectivity index (χ4v) is 2.46. The second-order valence-corrected chi connectivity index (χ2v) is 4.89. The van der Waals surface area contributed by atoms with Crippen molar-refractivity contribution in [1.29, 1.82) is 0 Å². The summed E-state index contributed by atoms with van der Waals surface area (Å²) in [5.41, 5.74) is 9.68. The van der Waals surface area contributed by atoms with Crippen LogP contribution in [0.2, 0.25) is 0 Å². The summed E-state index contributed by atoms with van der Waals surface area (Å²) in [5, 5.41) is 0. The molecule has 0 aliphatic heterocycles. The largest absolute Gasteiger partial charge is 0.341 e. The highest BCUT2D eigenvalue weighted by Gasteiger charge is 2.11. The van der Waals surface area contributed by atoms with E-state index in [2.05, 4.69) is 30.9 Å². The molecule has 0 heterocycles. The highest BCUT2D eigenvalue weighted by Crippen LogP contribution is 2.29. The van der Waals surface area contributed by atoms with Crippen molar-refractivity contribution < 1.29 is 4.39 Å². The lowest BCUT2D eigenvalue weighted by molar-refractivity contribution is 0.625. The van der Waals surface area contributed by atoms with Crippen molar-refractivity contribution in [1.82, 2.24) is 0 Å². The van der Waals surface area contributed by atoms with Crippen molar-refractivity contribution in [2.75, 3.05) is 18.0 Å². The third-order valence-corrected chi connectivity index (χ3v) is 3.41. The van der Waals surface area contributed by atoms with Gasteiger partial charge in [-0.25, -0.2) is 4.39 Å². The van der Waals surface area contributed by atoms with E-state index < -0.39 is 0 Å². The number of rotatable bonds is 5. The molecule has 3 heteroatoms. The first-order valence-electron chi connectivity index (χ1n) is 6.98. The van der Waals surface area contributed by atoms with E-state index in [9.17, 15) is 4.39 Å². The summed E-state index contributed by atoms with van der Waals surface area (Å²) in [5.74, 6) is -0.210. The van der Waals surface area contributed by atoms with Crippen LogP contribution < -0.4 is 10.6 Å². The maximum Gasteiger partial charge on any atom is 0.125 e. The topological polar surface area (TPSA) is 29.3 Å². The molecule has 0 saturated heterocycles. The molecule has 0 unspecified atom stereocenters. The lowest BCUT2D eigenvalue weighted by Gasteiger charge is -2.25. The number of nitrogens with two attached hydrogens (primary N) is 1. The molecule has 0 aliphatic rings. The minimum atomic E-state index is -0.210. The predicted molar refractivity (Wildman–Crippen MR) is 83.0 cm³/mol. The molecule has 0 atom stereocenters. The van der Waals surface area contributed by atoms with Gasteiger partial charge in [-0.3, -0.25) is 0 Å². The molecule has 0 aliphatic carbocycles. The van der Waals surface area contributed by atoms with Crippen molar-refractivity contribution in [3.8, 4) is 0 Å². The van der Waals surface area contributed by atoms with Gasteiger partial charge in [-0.05, 0) is 62.2 Å². The summed E-state index contributed by atoms with van der Waals surface area (Å²) in [6.45, 7) is 5.45. The highest BCUT2D eigenvalue weighted by atomic mass is 19.1. The van der Waals surface area contributed by atoms with E-state index in [0.717, 1.165) is 23.5 Å². The van der Waals surface area contributed by atoms with Crippen molar-refractivity contribution in [3.05, 3.63) is 59.4 Å². The van der Waals surface area contributed by atoms with Crippen LogP contribution in [-0.2, 0) is 6.42 Å². The van der Waals surface area contributed by atoms with Crippen LogP contribution in [0.3, 0.4) is 0 Å². The lowest BCUT2D eigenvalue weighted by Crippen LogP contribution is -2.17. The second kappa shape index (κ2) is 6.53. The smallest absolute Gasteiger partial charge is 0.125 e. The predicted octanol–water partition coefficient (Wildman–Crippen LogP) is 3.79. The van der Waals surface area contributed by atoms with Crippen molar-refractivity contribution >= 4 is 11.4 Å². The van der Waals surface area contributed by atoms with Gasteiger partial charge in [0.2, 0.25) is 0 Å². The number of anilines is 2. The summed E-state index contributed by atoms with van der Waals surface area (Å²) >= 11 is 0. The maximum absolute atomic E-state index is 13.8. The Labute approximate surface area is 120 Å². The fraction of sp³-hybridized carbons (Fsp3) is 0.294. The molecular weight excluding hydrogens is 251 g/mol. The van der Waals surface area contributed by atoms with Gasteiger partial charge in [-0.1, -0.05) is 18.2 Å². The van der Waals surface area contributed by atoms with E-state index in [1.54, 1.807) is 12.1 Å². The number of para-hydroxylation sites is 1. The fourth-order valence-electron chi connectivity index (χ4n) is 2.46. The van der Waals surface area contributed by atoms with Crippen molar-refractivity contribution in [3.63, 3.8) is 0 Å². The zero-order chi connectivity index (χ0) is 14.5. The van der Waals surface area contributed by atoms with Gasteiger partial charge in [0, 0.05) is 17.9 Å². The van der Waals surface area contributed by atoms with Crippen LogP contribution in [0.5, 0.6) is 0 Å².